The highest BCUT2D eigenvalue weighted by atomic mass is 16.5. The van der Waals surface area contributed by atoms with E-state index in [0.717, 1.165) is 36.2 Å². The molecule has 0 N–H and O–H groups in total. The molecule has 28 heavy (non-hydrogen) atoms. The van der Waals surface area contributed by atoms with Gasteiger partial charge in [0.05, 0.1) is 17.9 Å². The minimum Gasteiger partial charge on any atom is -0.476 e. The number of hydrogen-bond acceptors (Lipinski definition) is 4. The molecule has 0 aliphatic carbocycles. The Morgan fingerprint density at radius 1 is 1.25 bits per heavy atom. The molecule has 0 fully saturated rings. The summed E-state index contributed by atoms with van der Waals surface area (Å²) in [5, 5.41) is 9.48. The van der Waals surface area contributed by atoms with Gasteiger partial charge in [0.25, 0.3) is 5.56 Å². The summed E-state index contributed by atoms with van der Waals surface area (Å²) in [5.41, 5.74) is 4.59. The minimum absolute atomic E-state index is 0.00320. The number of benzene rings is 1. The van der Waals surface area contributed by atoms with E-state index >= 15 is 0 Å². The van der Waals surface area contributed by atoms with Crippen molar-refractivity contribution in [1.29, 1.82) is 5.26 Å². The summed E-state index contributed by atoms with van der Waals surface area (Å²) in [4.78, 5) is 15.2. The number of ether oxygens (including phenoxy) is 1. The second kappa shape index (κ2) is 8.35. The van der Waals surface area contributed by atoms with Gasteiger partial charge in [-0.3, -0.25) is 4.79 Å². The maximum absolute atomic E-state index is 13.1. The lowest BCUT2D eigenvalue weighted by Crippen LogP contribution is -2.32. The summed E-state index contributed by atoms with van der Waals surface area (Å²) >= 11 is 0. The number of nitrogens with zero attached hydrogens (tertiary/aromatic N) is 3. The predicted molar refractivity (Wildman–Crippen MR) is 111 cm³/mol. The maximum atomic E-state index is 13.1. The van der Waals surface area contributed by atoms with E-state index in [0.29, 0.717) is 12.1 Å². The number of pyridine rings is 1. The predicted octanol–water partition coefficient (Wildman–Crippen LogP) is 4.19. The first kappa shape index (κ1) is 19.8. The molecule has 0 saturated heterocycles. The quantitative estimate of drug-likeness (QED) is 0.757. The third-order valence-corrected chi connectivity index (χ3v) is 5.34. The molecule has 1 aromatic heterocycles. The van der Waals surface area contributed by atoms with E-state index in [-0.39, 0.29) is 17.4 Å². The molecule has 146 valence electrons. The number of aromatic nitrogens is 1. The van der Waals surface area contributed by atoms with Gasteiger partial charge >= 0.3 is 0 Å². The van der Waals surface area contributed by atoms with E-state index in [1.165, 1.54) is 5.56 Å². The molecule has 1 atom stereocenters. The zero-order valence-corrected chi connectivity index (χ0v) is 17.0. The Morgan fingerprint density at radius 2 is 2.04 bits per heavy atom. The first-order chi connectivity index (χ1) is 13.5. The lowest BCUT2D eigenvalue weighted by molar-refractivity contribution is 0.0597. The Kier molecular flexibility index (Phi) is 5.89. The van der Waals surface area contributed by atoms with Gasteiger partial charge in [0.15, 0.2) is 6.23 Å². The highest BCUT2D eigenvalue weighted by Gasteiger charge is 2.25. The molecule has 1 aliphatic rings. The highest BCUT2D eigenvalue weighted by Crippen LogP contribution is 2.26. The van der Waals surface area contributed by atoms with Crippen LogP contribution in [0.25, 0.3) is 11.3 Å². The van der Waals surface area contributed by atoms with Gasteiger partial charge in [-0.25, -0.2) is 0 Å². The van der Waals surface area contributed by atoms with Crippen LogP contribution < -0.4 is 5.56 Å². The average Bonchev–Trinajstić information content (AvgIpc) is 3.04. The van der Waals surface area contributed by atoms with Crippen molar-refractivity contribution < 1.29 is 4.74 Å². The van der Waals surface area contributed by atoms with Crippen LogP contribution >= 0.6 is 0 Å². The Morgan fingerprint density at radius 3 is 2.71 bits per heavy atom. The fourth-order valence-corrected chi connectivity index (χ4v) is 3.59. The van der Waals surface area contributed by atoms with Crippen LogP contribution in [0, 0.1) is 18.3 Å². The molecule has 3 rings (SSSR count). The molecule has 1 aliphatic heterocycles. The molecule has 0 bridgehead atoms. The minimum atomic E-state index is -0.257. The van der Waals surface area contributed by atoms with Crippen molar-refractivity contribution >= 4 is 0 Å². The number of hydrogen-bond donors (Lipinski definition) is 0. The van der Waals surface area contributed by atoms with Crippen molar-refractivity contribution in [1.82, 2.24) is 9.47 Å². The molecule has 5 nitrogen and oxygen atoms in total. The summed E-state index contributed by atoms with van der Waals surface area (Å²) in [6, 6.07) is 12.2. The first-order valence-corrected chi connectivity index (χ1v) is 9.81. The van der Waals surface area contributed by atoms with E-state index in [2.05, 4.69) is 36.9 Å². The third kappa shape index (κ3) is 3.68. The smallest absolute Gasteiger partial charge is 0.269 e. The Bertz CT molecular complexity index is 998. The Labute approximate surface area is 166 Å². The van der Waals surface area contributed by atoms with E-state index in [1.54, 1.807) is 10.8 Å². The van der Waals surface area contributed by atoms with Crippen molar-refractivity contribution in [3.8, 4) is 17.3 Å². The largest absolute Gasteiger partial charge is 0.476 e. The van der Waals surface area contributed by atoms with Crippen LogP contribution in [0.1, 0.15) is 43.4 Å². The summed E-state index contributed by atoms with van der Waals surface area (Å²) in [6.45, 7) is 6.42. The summed E-state index contributed by atoms with van der Waals surface area (Å²) < 4.78 is 7.47. The molecule has 0 radical (unpaired) electrons. The zero-order chi connectivity index (χ0) is 20.3. The summed E-state index contributed by atoms with van der Waals surface area (Å²) in [6.07, 6.45) is 4.62. The van der Waals surface area contributed by atoms with Gasteiger partial charge in [-0.15, -0.1) is 0 Å². The fraction of sp³-hybridized carbons (Fsp3) is 0.391. The van der Waals surface area contributed by atoms with Crippen LogP contribution in [-0.2, 0) is 17.7 Å². The number of nitriles is 1. The van der Waals surface area contributed by atoms with Crippen molar-refractivity contribution in [2.45, 2.75) is 52.8 Å². The van der Waals surface area contributed by atoms with Crippen LogP contribution in [0.4, 0.5) is 0 Å². The van der Waals surface area contributed by atoms with Crippen LogP contribution in [0.3, 0.4) is 0 Å². The van der Waals surface area contributed by atoms with Gasteiger partial charge in [-0.05, 0) is 42.2 Å². The van der Waals surface area contributed by atoms with Crippen LogP contribution in [0.15, 0.2) is 47.1 Å². The molecule has 0 spiro atoms. The topological polar surface area (TPSA) is 58.3 Å². The molecule has 2 aromatic rings. The molecule has 1 unspecified atom stereocenters. The molecule has 0 amide bonds. The molecule has 1 aromatic carbocycles. The van der Waals surface area contributed by atoms with Gasteiger partial charge in [-0.1, -0.05) is 38.5 Å². The van der Waals surface area contributed by atoms with Crippen molar-refractivity contribution in [3.63, 3.8) is 0 Å². The monoisotopic (exact) mass is 377 g/mol. The van der Waals surface area contributed by atoms with E-state index in [1.807, 2.05) is 32.2 Å². The lowest BCUT2D eigenvalue weighted by Gasteiger charge is -2.24. The fourth-order valence-electron chi connectivity index (χ4n) is 3.59. The van der Waals surface area contributed by atoms with E-state index in [4.69, 9.17) is 4.74 Å². The van der Waals surface area contributed by atoms with Gasteiger partial charge in [0.1, 0.15) is 17.9 Å². The second-order valence-electron chi connectivity index (χ2n) is 7.24. The zero-order valence-electron chi connectivity index (χ0n) is 17.0. The Balaban J connectivity index is 2.09. The van der Waals surface area contributed by atoms with Crippen LogP contribution in [-0.4, -0.2) is 22.7 Å². The van der Waals surface area contributed by atoms with Crippen LogP contribution in [0.2, 0.25) is 0 Å². The van der Waals surface area contributed by atoms with Crippen molar-refractivity contribution in [3.05, 3.63) is 69.3 Å². The summed E-state index contributed by atoms with van der Waals surface area (Å²) in [5.74, 6) is 0. The van der Waals surface area contributed by atoms with Crippen molar-refractivity contribution in [2.24, 2.45) is 0 Å². The van der Waals surface area contributed by atoms with E-state index < -0.39 is 0 Å². The normalized spacial score (nSPS) is 15.9. The first-order valence-electron chi connectivity index (χ1n) is 9.81. The van der Waals surface area contributed by atoms with Gasteiger partial charge < -0.3 is 14.2 Å². The standard InChI is InChI=1S/C23H27N3O2/c1-5-8-22-25(4)19(15-28-22)14-26-21(11-16(3)20(13-24)23(26)27)18-10-7-9-17(6-2)12-18/h7,9-12,15,22H,5-6,8,14H2,1-4H3. The number of aryl methyl sites for hydroxylation is 2. The second-order valence-corrected chi connectivity index (χ2v) is 7.24. The molecule has 2 heterocycles. The maximum Gasteiger partial charge on any atom is 0.269 e. The van der Waals surface area contributed by atoms with Gasteiger partial charge in [-0.2, -0.15) is 5.26 Å². The molecular weight excluding hydrogens is 350 g/mol. The lowest BCUT2D eigenvalue weighted by atomic mass is 10.0. The van der Waals surface area contributed by atoms with E-state index in [9.17, 15) is 10.1 Å². The Hall–Kier alpha value is -3.00. The van der Waals surface area contributed by atoms with Gasteiger partial charge in [0, 0.05) is 13.5 Å². The number of likely N-dealkylation sites (N-methyl/N-ethyl adjacent to an activating group) is 1. The highest BCUT2D eigenvalue weighted by molar-refractivity contribution is 5.63. The SMILES string of the molecule is CCCC1OC=C(Cn2c(-c3cccc(CC)c3)cc(C)c(C#N)c2=O)N1C. The average molecular weight is 377 g/mol. The number of rotatable bonds is 6. The number of allylic oxidation sites excluding steroid dienone is 1. The van der Waals surface area contributed by atoms with Gasteiger partial charge in [0.2, 0.25) is 0 Å². The molecule has 0 saturated carbocycles. The summed E-state index contributed by atoms with van der Waals surface area (Å²) in [7, 11) is 1.99. The molecular formula is C23H27N3O2. The molecule has 5 heteroatoms. The van der Waals surface area contributed by atoms with Crippen molar-refractivity contribution in [2.75, 3.05) is 7.05 Å². The van der Waals surface area contributed by atoms with Crippen LogP contribution in [0.5, 0.6) is 0 Å². The third-order valence-electron chi connectivity index (χ3n) is 5.34.